The molecule has 82 valence electrons. The number of ketones is 1. The largest absolute Gasteiger partial charge is 0.298 e. The molecule has 2 nitrogen and oxygen atoms in total. The number of benzene rings is 1. The summed E-state index contributed by atoms with van der Waals surface area (Å²) < 4.78 is 24.4. The van der Waals surface area contributed by atoms with Crippen molar-refractivity contribution in [2.24, 2.45) is 0 Å². The Morgan fingerprint density at radius 2 is 1.93 bits per heavy atom. The van der Waals surface area contributed by atoms with Gasteiger partial charge in [0.15, 0.2) is 0 Å². The van der Waals surface area contributed by atoms with Crippen molar-refractivity contribution in [3.05, 3.63) is 30.1 Å². The van der Waals surface area contributed by atoms with Crippen molar-refractivity contribution in [2.45, 2.75) is 30.4 Å². The summed E-state index contributed by atoms with van der Waals surface area (Å²) in [5, 5.41) is -0.527. The first-order chi connectivity index (χ1) is 7.06. The topological polar surface area (TPSA) is 34.1 Å². The average molecular weight is 228 g/mol. The Kier molecular flexibility index (Phi) is 4.15. The van der Waals surface area contributed by atoms with Crippen molar-refractivity contribution < 1.29 is 13.4 Å². The van der Waals surface area contributed by atoms with E-state index in [0.717, 1.165) is 0 Å². The molecule has 1 rings (SSSR count). The van der Waals surface area contributed by atoms with Crippen LogP contribution in [0.1, 0.15) is 20.3 Å². The van der Waals surface area contributed by atoms with Gasteiger partial charge in [-0.05, 0) is 31.2 Å². The van der Waals surface area contributed by atoms with E-state index in [9.17, 15) is 13.4 Å². The summed E-state index contributed by atoms with van der Waals surface area (Å²) >= 11 is 0. The number of halogens is 1. The summed E-state index contributed by atoms with van der Waals surface area (Å²) in [5.74, 6) is -0.414. The highest BCUT2D eigenvalue weighted by molar-refractivity contribution is 7.86. The van der Waals surface area contributed by atoms with Crippen LogP contribution in [0, 0.1) is 5.82 Å². The van der Waals surface area contributed by atoms with E-state index in [1.807, 2.05) is 0 Å². The lowest BCUT2D eigenvalue weighted by atomic mass is 10.2. The van der Waals surface area contributed by atoms with Crippen molar-refractivity contribution in [3.63, 3.8) is 0 Å². The van der Waals surface area contributed by atoms with E-state index in [4.69, 9.17) is 0 Å². The standard InChI is InChI=1S/C11H13FO2S/c1-3-11(13)8(2)15(14)10-6-4-9(12)5-7-10/h4-8H,3H2,1-2H3. The first-order valence-electron chi connectivity index (χ1n) is 4.75. The van der Waals surface area contributed by atoms with Gasteiger partial charge in [-0.25, -0.2) is 4.39 Å². The summed E-state index contributed by atoms with van der Waals surface area (Å²) in [5.41, 5.74) is 0. The summed E-state index contributed by atoms with van der Waals surface area (Å²) in [6.45, 7) is 3.37. The monoisotopic (exact) mass is 228 g/mol. The second-order valence-corrected chi connectivity index (χ2v) is 4.99. The maximum Gasteiger partial charge on any atom is 0.148 e. The molecular weight excluding hydrogens is 215 g/mol. The summed E-state index contributed by atoms with van der Waals surface area (Å²) in [4.78, 5) is 11.8. The molecule has 0 saturated heterocycles. The van der Waals surface area contributed by atoms with Gasteiger partial charge < -0.3 is 0 Å². The number of carbonyl (C=O) groups excluding carboxylic acids is 1. The molecule has 0 spiro atoms. The molecule has 0 aliphatic heterocycles. The maximum atomic E-state index is 12.6. The van der Waals surface area contributed by atoms with Crippen LogP contribution in [0.25, 0.3) is 0 Å². The summed E-state index contributed by atoms with van der Waals surface area (Å²) in [7, 11) is -1.38. The third-order valence-electron chi connectivity index (χ3n) is 2.17. The van der Waals surface area contributed by atoms with Crippen molar-refractivity contribution in [3.8, 4) is 0 Å². The third kappa shape index (κ3) is 2.96. The third-order valence-corrected chi connectivity index (χ3v) is 3.81. The normalized spacial score (nSPS) is 14.6. The van der Waals surface area contributed by atoms with Crippen molar-refractivity contribution in [1.29, 1.82) is 0 Å². The molecule has 0 N–H and O–H groups in total. The molecule has 1 aromatic rings. The molecule has 15 heavy (non-hydrogen) atoms. The minimum atomic E-state index is -1.38. The van der Waals surface area contributed by atoms with E-state index in [1.54, 1.807) is 13.8 Å². The minimum absolute atomic E-state index is 0.0438. The van der Waals surface area contributed by atoms with Gasteiger partial charge in [0.05, 0.1) is 16.0 Å². The van der Waals surface area contributed by atoms with Crippen LogP contribution in [0.5, 0.6) is 0 Å². The predicted molar refractivity (Wildman–Crippen MR) is 57.6 cm³/mol. The molecule has 0 amide bonds. The van der Waals surface area contributed by atoms with Crippen molar-refractivity contribution in [2.75, 3.05) is 0 Å². The van der Waals surface area contributed by atoms with Crippen LogP contribution < -0.4 is 0 Å². The molecule has 1 aromatic carbocycles. The lowest BCUT2D eigenvalue weighted by Gasteiger charge is -2.08. The Morgan fingerprint density at radius 1 is 1.40 bits per heavy atom. The van der Waals surface area contributed by atoms with Gasteiger partial charge in [0, 0.05) is 11.3 Å². The van der Waals surface area contributed by atoms with Crippen LogP contribution >= 0.6 is 0 Å². The molecule has 0 aliphatic rings. The fourth-order valence-electron chi connectivity index (χ4n) is 1.18. The molecule has 4 heteroatoms. The number of hydrogen-bond donors (Lipinski definition) is 0. The number of hydrogen-bond acceptors (Lipinski definition) is 2. The highest BCUT2D eigenvalue weighted by Gasteiger charge is 2.19. The molecule has 0 heterocycles. The second kappa shape index (κ2) is 5.16. The Bertz CT molecular complexity index is 373. The summed E-state index contributed by atoms with van der Waals surface area (Å²) in [6, 6.07) is 5.39. The molecular formula is C11H13FO2S. The van der Waals surface area contributed by atoms with Crippen LogP contribution in [0.4, 0.5) is 4.39 Å². The van der Waals surface area contributed by atoms with E-state index in [2.05, 4.69) is 0 Å². The van der Waals surface area contributed by atoms with Gasteiger partial charge in [-0.1, -0.05) is 6.92 Å². The van der Waals surface area contributed by atoms with Gasteiger partial charge in [-0.15, -0.1) is 0 Å². The highest BCUT2D eigenvalue weighted by Crippen LogP contribution is 2.13. The highest BCUT2D eigenvalue weighted by atomic mass is 32.2. The SMILES string of the molecule is CCC(=O)C(C)S(=O)c1ccc(F)cc1. The average Bonchev–Trinajstić information content (AvgIpc) is 2.27. The first kappa shape index (κ1) is 12.0. The number of carbonyl (C=O) groups is 1. The molecule has 0 aromatic heterocycles. The molecule has 0 radical (unpaired) electrons. The molecule has 0 bridgehead atoms. The quantitative estimate of drug-likeness (QED) is 0.792. The van der Waals surface area contributed by atoms with Crippen LogP contribution in [-0.4, -0.2) is 15.2 Å². The maximum absolute atomic E-state index is 12.6. The van der Waals surface area contributed by atoms with Crippen LogP contribution in [0.3, 0.4) is 0 Å². The molecule has 2 atom stereocenters. The van der Waals surface area contributed by atoms with Crippen LogP contribution in [-0.2, 0) is 15.6 Å². The zero-order valence-corrected chi connectivity index (χ0v) is 9.51. The smallest absolute Gasteiger partial charge is 0.148 e. The van der Waals surface area contributed by atoms with Gasteiger partial charge >= 0.3 is 0 Å². The second-order valence-electron chi connectivity index (χ2n) is 3.21. The minimum Gasteiger partial charge on any atom is -0.298 e. The Labute approximate surface area is 91.0 Å². The van der Waals surface area contributed by atoms with Gasteiger partial charge in [-0.2, -0.15) is 0 Å². The fourth-order valence-corrected chi connectivity index (χ4v) is 2.40. The Morgan fingerprint density at radius 3 is 2.40 bits per heavy atom. The first-order valence-corrected chi connectivity index (χ1v) is 5.96. The van der Waals surface area contributed by atoms with Gasteiger partial charge in [0.2, 0.25) is 0 Å². The van der Waals surface area contributed by atoms with E-state index < -0.39 is 16.0 Å². The zero-order valence-electron chi connectivity index (χ0n) is 8.70. The van der Waals surface area contributed by atoms with Gasteiger partial charge in [-0.3, -0.25) is 9.00 Å². The molecule has 0 saturated carbocycles. The van der Waals surface area contributed by atoms with Gasteiger partial charge in [0.1, 0.15) is 11.6 Å². The lowest BCUT2D eigenvalue weighted by Crippen LogP contribution is -2.21. The summed E-state index contributed by atoms with van der Waals surface area (Å²) in [6.07, 6.45) is 0.369. The number of rotatable bonds is 4. The van der Waals surface area contributed by atoms with Gasteiger partial charge in [0.25, 0.3) is 0 Å². The van der Waals surface area contributed by atoms with E-state index in [-0.39, 0.29) is 11.6 Å². The lowest BCUT2D eigenvalue weighted by molar-refractivity contribution is -0.118. The number of Topliss-reactive ketones (excluding diaryl/α,β-unsaturated/α-hetero) is 1. The molecule has 2 unspecified atom stereocenters. The Hall–Kier alpha value is -1.03. The van der Waals surface area contributed by atoms with E-state index in [1.165, 1.54) is 24.3 Å². The molecule has 0 fully saturated rings. The van der Waals surface area contributed by atoms with Crippen LogP contribution in [0.2, 0.25) is 0 Å². The van der Waals surface area contributed by atoms with E-state index in [0.29, 0.717) is 11.3 Å². The van der Waals surface area contributed by atoms with Crippen molar-refractivity contribution in [1.82, 2.24) is 0 Å². The van der Waals surface area contributed by atoms with Crippen LogP contribution in [0.15, 0.2) is 29.2 Å². The molecule has 0 aliphatic carbocycles. The predicted octanol–water partition coefficient (Wildman–Crippen LogP) is 2.30. The Balaban J connectivity index is 2.85. The fraction of sp³-hybridized carbons (Fsp3) is 0.364. The van der Waals surface area contributed by atoms with E-state index >= 15 is 0 Å². The van der Waals surface area contributed by atoms with Crippen molar-refractivity contribution >= 4 is 16.6 Å². The zero-order chi connectivity index (χ0) is 11.4.